The lowest BCUT2D eigenvalue weighted by Crippen LogP contribution is -2.62. The molecule has 0 aliphatic carbocycles. The summed E-state index contributed by atoms with van der Waals surface area (Å²) >= 11 is 0. The molecule has 9 nitrogen and oxygen atoms in total. The molecule has 0 unspecified atom stereocenters. The van der Waals surface area contributed by atoms with Gasteiger partial charge in [-0.25, -0.2) is 18.4 Å². The van der Waals surface area contributed by atoms with E-state index in [-0.39, 0.29) is 32.0 Å². The van der Waals surface area contributed by atoms with Gasteiger partial charge in [-0.05, 0) is 39.0 Å². The summed E-state index contributed by atoms with van der Waals surface area (Å²) in [5, 5.41) is 2.86. The zero-order valence-corrected chi connectivity index (χ0v) is 22.5. The van der Waals surface area contributed by atoms with Gasteiger partial charge in [-0.1, -0.05) is 12.1 Å². The number of ether oxygens (including phenoxy) is 3. The van der Waals surface area contributed by atoms with Crippen molar-refractivity contribution in [2.75, 3.05) is 44.7 Å². The number of amides is 3. The van der Waals surface area contributed by atoms with E-state index in [4.69, 9.17) is 14.2 Å². The number of nitrogens with one attached hydrogen (secondary N) is 1. The highest BCUT2D eigenvalue weighted by Crippen LogP contribution is 2.48. The number of pyridine rings is 1. The zero-order chi connectivity index (χ0) is 27.8. The molecule has 2 aromatic rings. The van der Waals surface area contributed by atoms with E-state index in [1.54, 1.807) is 56.0 Å². The number of carbonyl (C=O) groups is 2. The summed E-state index contributed by atoms with van der Waals surface area (Å²) in [6.07, 6.45) is 0.513. The Bertz CT molecular complexity index is 1220. The molecule has 1 aromatic carbocycles. The lowest BCUT2D eigenvalue weighted by molar-refractivity contribution is -0.194. The first kappa shape index (κ1) is 27.1. The third-order valence-corrected chi connectivity index (χ3v) is 7.29. The number of urea groups is 1. The van der Waals surface area contributed by atoms with Gasteiger partial charge in [-0.3, -0.25) is 4.98 Å². The van der Waals surface area contributed by atoms with Gasteiger partial charge in [0.1, 0.15) is 11.4 Å². The second-order valence-electron chi connectivity index (χ2n) is 11.2. The predicted octanol–water partition coefficient (Wildman–Crippen LogP) is 4.95. The van der Waals surface area contributed by atoms with Crippen LogP contribution in [0.5, 0.6) is 5.75 Å². The van der Waals surface area contributed by atoms with E-state index in [0.717, 1.165) is 5.56 Å². The van der Waals surface area contributed by atoms with Gasteiger partial charge in [0.15, 0.2) is 5.60 Å². The molecule has 1 spiro atoms. The molecule has 0 radical (unpaired) electrons. The monoisotopic (exact) mass is 544 g/mol. The van der Waals surface area contributed by atoms with Crippen molar-refractivity contribution in [2.45, 2.75) is 57.2 Å². The maximum atomic E-state index is 15.6. The van der Waals surface area contributed by atoms with E-state index in [9.17, 15) is 9.59 Å². The Balaban J connectivity index is 1.26. The first-order valence-electron chi connectivity index (χ1n) is 13.2. The van der Waals surface area contributed by atoms with E-state index in [1.165, 1.54) is 11.1 Å². The van der Waals surface area contributed by atoms with Crippen LogP contribution in [-0.2, 0) is 15.9 Å². The quantitative estimate of drug-likeness (QED) is 0.575. The molecule has 1 aromatic heterocycles. The van der Waals surface area contributed by atoms with Crippen LogP contribution in [0.3, 0.4) is 0 Å². The molecule has 0 bridgehead atoms. The van der Waals surface area contributed by atoms with Crippen LogP contribution in [0.2, 0.25) is 0 Å². The van der Waals surface area contributed by atoms with Crippen LogP contribution in [0, 0.1) is 0 Å². The number of rotatable bonds is 2. The number of nitrogens with zero attached hydrogens (tertiary/aromatic N) is 3. The summed E-state index contributed by atoms with van der Waals surface area (Å²) < 4.78 is 47.7. The van der Waals surface area contributed by atoms with Crippen LogP contribution in [0.1, 0.15) is 39.2 Å². The maximum absolute atomic E-state index is 15.6. The lowest BCUT2D eigenvalue weighted by atomic mass is 9.80. The Morgan fingerprint density at radius 1 is 1.03 bits per heavy atom. The minimum Gasteiger partial charge on any atom is -0.479 e. The molecule has 39 heavy (non-hydrogen) atoms. The van der Waals surface area contributed by atoms with E-state index < -0.39 is 29.6 Å². The Hall–Kier alpha value is -3.47. The van der Waals surface area contributed by atoms with Crippen molar-refractivity contribution < 1.29 is 32.6 Å². The van der Waals surface area contributed by atoms with Crippen LogP contribution >= 0.6 is 0 Å². The normalized spacial score (nSPS) is 20.1. The second-order valence-corrected chi connectivity index (χ2v) is 11.2. The number of aromatic nitrogens is 1. The molecule has 11 heteroatoms. The fourth-order valence-electron chi connectivity index (χ4n) is 5.10. The van der Waals surface area contributed by atoms with Crippen LogP contribution in [-0.4, -0.2) is 83.4 Å². The summed E-state index contributed by atoms with van der Waals surface area (Å²) in [4.78, 5) is 32.4. The Kier molecular flexibility index (Phi) is 7.13. The van der Waals surface area contributed by atoms with Gasteiger partial charge in [0.2, 0.25) is 0 Å². The molecule has 2 saturated heterocycles. The summed E-state index contributed by atoms with van der Waals surface area (Å²) in [7, 11) is 0. The second kappa shape index (κ2) is 10.3. The number of piperidine rings is 1. The number of morpholine rings is 1. The molecule has 210 valence electrons. The highest BCUT2D eigenvalue weighted by Gasteiger charge is 2.60. The molecule has 2 fully saturated rings. The highest BCUT2D eigenvalue weighted by molar-refractivity contribution is 5.89. The van der Waals surface area contributed by atoms with Crippen molar-refractivity contribution in [3.05, 3.63) is 42.1 Å². The van der Waals surface area contributed by atoms with Crippen LogP contribution in [0.15, 0.2) is 36.5 Å². The summed E-state index contributed by atoms with van der Waals surface area (Å²) in [5.74, 6) is -2.78. The molecular formula is C28H34F2N4O5. The number of anilines is 1. The Morgan fingerprint density at radius 3 is 2.33 bits per heavy atom. The number of halogens is 2. The molecule has 3 amide bonds. The number of alkyl halides is 2. The maximum Gasteiger partial charge on any atom is 0.410 e. The van der Waals surface area contributed by atoms with E-state index >= 15 is 8.78 Å². The van der Waals surface area contributed by atoms with Gasteiger partial charge in [0.05, 0.1) is 25.1 Å². The predicted molar refractivity (Wildman–Crippen MR) is 140 cm³/mol. The summed E-state index contributed by atoms with van der Waals surface area (Å²) in [6.45, 7) is 7.68. The number of carbonyl (C=O) groups excluding carboxylic acids is 2. The average Bonchev–Trinajstić information content (AvgIpc) is 2.89. The van der Waals surface area contributed by atoms with Crippen molar-refractivity contribution in [2.24, 2.45) is 0 Å². The van der Waals surface area contributed by atoms with Gasteiger partial charge in [0.25, 0.3) is 5.92 Å². The van der Waals surface area contributed by atoms with Crippen molar-refractivity contribution in [3.8, 4) is 17.0 Å². The minimum absolute atomic E-state index is 0.00192. The topological polar surface area (TPSA) is 93.2 Å². The third kappa shape index (κ3) is 5.78. The summed E-state index contributed by atoms with van der Waals surface area (Å²) in [6, 6.07) is 8.54. The Morgan fingerprint density at radius 2 is 1.69 bits per heavy atom. The van der Waals surface area contributed by atoms with Crippen LogP contribution < -0.4 is 10.1 Å². The standard InChI is InChI=1S/C28H34F2N4O5/c1-26(2,3)39-25(36)34-10-8-27(9-11-34)28(29,30)17-20-16-22(31-18-23(20)38-27)19-4-6-21(7-5-19)32-24(35)33-12-14-37-15-13-33/h4-7,16,18H,8-15,17H2,1-3H3,(H,32,35). The number of fused-ring (bicyclic) bond motifs is 1. The van der Waals surface area contributed by atoms with Gasteiger partial charge in [-0.15, -0.1) is 0 Å². The number of benzene rings is 1. The van der Waals surface area contributed by atoms with Crippen LogP contribution in [0.25, 0.3) is 11.3 Å². The third-order valence-electron chi connectivity index (χ3n) is 7.29. The molecule has 1 N–H and O–H groups in total. The van der Waals surface area contributed by atoms with Gasteiger partial charge in [0, 0.05) is 62.3 Å². The van der Waals surface area contributed by atoms with Gasteiger partial charge in [-0.2, -0.15) is 0 Å². The van der Waals surface area contributed by atoms with Crippen molar-refractivity contribution in [1.29, 1.82) is 0 Å². The largest absolute Gasteiger partial charge is 0.479 e. The number of hydrogen-bond acceptors (Lipinski definition) is 6. The van der Waals surface area contributed by atoms with Crippen molar-refractivity contribution >= 4 is 17.8 Å². The van der Waals surface area contributed by atoms with Gasteiger partial charge >= 0.3 is 12.1 Å². The molecule has 0 atom stereocenters. The molecular weight excluding hydrogens is 510 g/mol. The zero-order valence-electron chi connectivity index (χ0n) is 22.5. The number of likely N-dealkylation sites (tertiary alicyclic amines) is 1. The molecule has 0 saturated carbocycles. The van der Waals surface area contributed by atoms with Crippen LogP contribution in [0.4, 0.5) is 24.1 Å². The minimum atomic E-state index is -3.12. The molecule has 5 rings (SSSR count). The molecule has 3 aliphatic rings. The Labute approximate surface area is 226 Å². The fraction of sp³-hybridized carbons (Fsp3) is 0.536. The average molecular weight is 545 g/mol. The van der Waals surface area contributed by atoms with E-state index in [2.05, 4.69) is 10.3 Å². The summed E-state index contributed by atoms with van der Waals surface area (Å²) in [5.41, 5.74) is -0.0667. The van der Waals surface area contributed by atoms with E-state index in [1.807, 2.05) is 0 Å². The first-order valence-corrected chi connectivity index (χ1v) is 13.2. The fourth-order valence-corrected chi connectivity index (χ4v) is 5.10. The lowest BCUT2D eigenvalue weighted by Gasteiger charge is -2.48. The smallest absolute Gasteiger partial charge is 0.410 e. The molecule has 3 aliphatic heterocycles. The van der Waals surface area contributed by atoms with E-state index in [0.29, 0.717) is 49.0 Å². The first-order chi connectivity index (χ1) is 18.4. The highest BCUT2D eigenvalue weighted by atomic mass is 19.3. The van der Waals surface area contributed by atoms with Crippen molar-refractivity contribution in [1.82, 2.24) is 14.8 Å². The van der Waals surface area contributed by atoms with Gasteiger partial charge < -0.3 is 29.3 Å². The SMILES string of the molecule is CC(C)(C)OC(=O)N1CCC2(CC1)Oc1cnc(-c3ccc(NC(=O)N4CCOCC4)cc3)cc1CC2(F)F. The number of hydrogen-bond donors (Lipinski definition) is 1. The molecule has 4 heterocycles. The van der Waals surface area contributed by atoms with Crippen molar-refractivity contribution in [3.63, 3.8) is 0 Å².